The smallest absolute Gasteiger partial charge is 0.251 e. The number of nitrogens with zero attached hydrogens (tertiary/aromatic N) is 2. The minimum atomic E-state index is -0.287. The van der Waals surface area contributed by atoms with Gasteiger partial charge < -0.3 is 9.67 Å². The van der Waals surface area contributed by atoms with Crippen LogP contribution in [0.3, 0.4) is 0 Å². The molecule has 0 saturated carbocycles. The maximum absolute atomic E-state index is 12.3. The van der Waals surface area contributed by atoms with Crippen molar-refractivity contribution < 1.29 is 5.11 Å². The van der Waals surface area contributed by atoms with E-state index in [-0.39, 0.29) is 17.7 Å². The number of β-amino-alcohol motifs (C(OH)–C–C–N with tert-alkyl or cyclic N) is 1. The highest BCUT2D eigenvalue weighted by atomic mass is 16.3. The molecule has 3 atom stereocenters. The van der Waals surface area contributed by atoms with E-state index in [2.05, 4.69) is 35.2 Å². The van der Waals surface area contributed by atoms with Crippen LogP contribution in [0.25, 0.3) is 0 Å². The number of aromatic nitrogens is 1. The number of piperidine rings is 1. The van der Waals surface area contributed by atoms with Gasteiger partial charge in [-0.05, 0) is 49.7 Å². The first kappa shape index (κ1) is 17.5. The Morgan fingerprint density at radius 3 is 2.77 bits per heavy atom. The first-order chi connectivity index (χ1) is 12.7. The maximum atomic E-state index is 12.3. The molecule has 0 spiro atoms. The minimum Gasteiger partial charge on any atom is -0.392 e. The van der Waals surface area contributed by atoms with Gasteiger partial charge in [-0.15, -0.1) is 0 Å². The van der Waals surface area contributed by atoms with E-state index < -0.39 is 0 Å². The first-order valence-corrected chi connectivity index (χ1v) is 9.84. The SMILES string of the molecule is O=c1cccc2n1[C@@H]1C[C@H](C2)CN(CC(O)CCCc2ccccc2)C1. The number of fused-ring (bicyclic) bond motifs is 4. The Hall–Kier alpha value is -1.91. The summed E-state index contributed by atoms with van der Waals surface area (Å²) in [7, 11) is 0. The largest absolute Gasteiger partial charge is 0.392 e. The van der Waals surface area contributed by atoms with E-state index in [4.69, 9.17) is 0 Å². The lowest BCUT2D eigenvalue weighted by Gasteiger charge is -2.43. The summed E-state index contributed by atoms with van der Waals surface area (Å²) in [4.78, 5) is 14.6. The number of hydrogen-bond acceptors (Lipinski definition) is 3. The second-order valence-corrected chi connectivity index (χ2v) is 7.94. The van der Waals surface area contributed by atoms with E-state index in [1.807, 2.05) is 16.7 Å². The summed E-state index contributed by atoms with van der Waals surface area (Å²) < 4.78 is 1.99. The molecule has 4 heteroatoms. The molecule has 1 aromatic carbocycles. The van der Waals surface area contributed by atoms with Crippen molar-refractivity contribution in [2.24, 2.45) is 5.92 Å². The molecule has 0 aliphatic carbocycles. The Balaban J connectivity index is 1.31. The lowest BCUT2D eigenvalue weighted by Crippen LogP contribution is -2.50. The van der Waals surface area contributed by atoms with E-state index in [0.717, 1.165) is 51.7 Å². The Bertz CT molecular complexity index is 786. The lowest BCUT2D eigenvalue weighted by atomic mass is 9.85. The van der Waals surface area contributed by atoms with Crippen LogP contribution in [0.5, 0.6) is 0 Å². The topological polar surface area (TPSA) is 45.5 Å². The van der Waals surface area contributed by atoms with E-state index >= 15 is 0 Å². The van der Waals surface area contributed by atoms with Gasteiger partial charge in [-0.25, -0.2) is 0 Å². The summed E-state index contributed by atoms with van der Waals surface area (Å²) in [6.07, 6.45) is 4.65. The molecule has 4 nitrogen and oxygen atoms in total. The summed E-state index contributed by atoms with van der Waals surface area (Å²) in [5, 5.41) is 10.5. The average molecular weight is 352 g/mol. The number of hydrogen-bond donors (Lipinski definition) is 1. The summed E-state index contributed by atoms with van der Waals surface area (Å²) in [5.41, 5.74) is 2.64. The van der Waals surface area contributed by atoms with E-state index in [0.29, 0.717) is 5.92 Å². The van der Waals surface area contributed by atoms with Crippen molar-refractivity contribution >= 4 is 0 Å². The van der Waals surface area contributed by atoms with E-state index in [1.165, 1.54) is 11.3 Å². The van der Waals surface area contributed by atoms with Gasteiger partial charge >= 0.3 is 0 Å². The average Bonchev–Trinajstić information content (AvgIpc) is 2.62. The number of aryl methyl sites for hydroxylation is 1. The number of likely N-dealkylation sites (tertiary alicyclic amines) is 1. The molecule has 1 fully saturated rings. The summed E-state index contributed by atoms with van der Waals surface area (Å²) in [6.45, 7) is 2.64. The van der Waals surface area contributed by atoms with Crippen LogP contribution in [-0.4, -0.2) is 40.3 Å². The predicted molar refractivity (Wildman–Crippen MR) is 103 cm³/mol. The molecule has 0 amide bonds. The zero-order valence-electron chi connectivity index (χ0n) is 15.3. The zero-order chi connectivity index (χ0) is 17.9. The second-order valence-electron chi connectivity index (χ2n) is 7.94. The number of pyridine rings is 1. The van der Waals surface area contributed by atoms with Gasteiger partial charge in [0.2, 0.25) is 0 Å². The fourth-order valence-corrected chi connectivity index (χ4v) is 4.75. The molecule has 1 unspecified atom stereocenters. The van der Waals surface area contributed by atoms with Crippen LogP contribution in [0.4, 0.5) is 0 Å². The number of rotatable bonds is 6. The number of aliphatic hydroxyl groups is 1. The van der Waals surface area contributed by atoms with Crippen LogP contribution in [0.1, 0.15) is 36.6 Å². The van der Waals surface area contributed by atoms with Gasteiger partial charge in [0.1, 0.15) is 0 Å². The normalized spacial score (nSPS) is 23.4. The highest BCUT2D eigenvalue weighted by Gasteiger charge is 2.34. The molecule has 4 rings (SSSR count). The van der Waals surface area contributed by atoms with Crippen molar-refractivity contribution in [1.82, 2.24) is 9.47 Å². The Morgan fingerprint density at radius 1 is 1.08 bits per heavy atom. The highest BCUT2D eigenvalue weighted by Crippen LogP contribution is 2.33. The molecule has 138 valence electrons. The Morgan fingerprint density at radius 2 is 1.92 bits per heavy atom. The van der Waals surface area contributed by atoms with Gasteiger partial charge in [0.05, 0.1) is 6.10 Å². The number of aliphatic hydroxyl groups excluding tert-OH is 1. The zero-order valence-corrected chi connectivity index (χ0v) is 15.3. The molecule has 1 saturated heterocycles. The maximum Gasteiger partial charge on any atom is 0.251 e. The molecular weight excluding hydrogens is 324 g/mol. The van der Waals surface area contributed by atoms with Gasteiger partial charge in [0.25, 0.3) is 5.56 Å². The van der Waals surface area contributed by atoms with Crippen LogP contribution >= 0.6 is 0 Å². The molecule has 2 bridgehead atoms. The fraction of sp³-hybridized carbons (Fsp3) is 0.500. The standard InChI is InChI=1S/C22H28N2O2/c25-21(10-4-8-17-6-2-1-3-7-17)16-23-14-18-12-19-9-5-11-22(26)24(19)20(13-18)15-23/h1-3,5-7,9,11,18,20-21,25H,4,8,10,12-16H2/t18-,20+,21?/m0/s1. The molecule has 2 aromatic rings. The second kappa shape index (κ2) is 7.77. The van der Waals surface area contributed by atoms with Gasteiger partial charge in [0.15, 0.2) is 0 Å². The monoisotopic (exact) mass is 352 g/mol. The van der Waals surface area contributed by atoms with E-state index in [1.54, 1.807) is 6.07 Å². The molecule has 26 heavy (non-hydrogen) atoms. The Labute approximate surface area is 155 Å². The molecular formula is C22H28N2O2. The van der Waals surface area contributed by atoms with Crippen LogP contribution in [0, 0.1) is 5.92 Å². The van der Waals surface area contributed by atoms with Crippen molar-refractivity contribution in [3.05, 3.63) is 70.1 Å². The Kier molecular flexibility index (Phi) is 5.23. The van der Waals surface area contributed by atoms with Crippen LogP contribution in [-0.2, 0) is 12.8 Å². The van der Waals surface area contributed by atoms with Crippen molar-refractivity contribution in [3.8, 4) is 0 Å². The van der Waals surface area contributed by atoms with Crippen molar-refractivity contribution in [2.45, 2.75) is 44.2 Å². The van der Waals surface area contributed by atoms with Gasteiger partial charge in [-0.2, -0.15) is 0 Å². The molecule has 3 heterocycles. The summed E-state index contributed by atoms with van der Waals surface area (Å²) >= 11 is 0. The van der Waals surface area contributed by atoms with Gasteiger partial charge in [-0.3, -0.25) is 9.69 Å². The van der Waals surface area contributed by atoms with Crippen molar-refractivity contribution in [2.75, 3.05) is 19.6 Å². The lowest BCUT2D eigenvalue weighted by molar-refractivity contribution is 0.0502. The highest BCUT2D eigenvalue weighted by molar-refractivity contribution is 5.15. The number of benzene rings is 1. The quantitative estimate of drug-likeness (QED) is 0.869. The first-order valence-electron chi connectivity index (χ1n) is 9.84. The third kappa shape index (κ3) is 3.92. The summed E-state index contributed by atoms with van der Waals surface area (Å²) in [6, 6.07) is 16.4. The molecule has 1 aromatic heterocycles. The van der Waals surface area contributed by atoms with Crippen molar-refractivity contribution in [3.63, 3.8) is 0 Å². The minimum absolute atomic E-state index is 0.121. The molecule has 2 aliphatic heterocycles. The van der Waals surface area contributed by atoms with Crippen LogP contribution in [0.2, 0.25) is 0 Å². The molecule has 2 aliphatic rings. The van der Waals surface area contributed by atoms with Crippen molar-refractivity contribution in [1.29, 1.82) is 0 Å². The van der Waals surface area contributed by atoms with E-state index in [9.17, 15) is 9.90 Å². The third-order valence-corrected chi connectivity index (χ3v) is 5.84. The van der Waals surface area contributed by atoms with Crippen LogP contribution in [0.15, 0.2) is 53.3 Å². The van der Waals surface area contributed by atoms with Crippen LogP contribution < -0.4 is 5.56 Å². The molecule has 0 radical (unpaired) electrons. The summed E-state index contributed by atoms with van der Waals surface area (Å²) in [5.74, 6) is 0.604. The van der Waals surface area contributed by atoms with Gasteiger partial charge in [-0.1, -0.05) is 36.4 Å². The fourth-order valence-electron chi connectivity index (χ4n) is 4.75. The third-order valence-electron chi connectivity index (χ3n) is 5.84. The van der Waals surface area contributed by atoms with Gasteiger partial charge in [0, 0.05) is 37.4 Å². The molecule has 1 N–H and O–H groups in total. The predicted octanol–water partition coefficient (Wildman–Crippen LogP) is 2.65.